The highest BCUT2D eigenvalue weighted by atomic mass is 16.5. The first-order chi connectivity index (χ1) is 8.65. The van der Waals surface area contributed by atoms with E-state index >= 15 is 0 Å². The molecule has 4 heteroatoms. The van der Waals surface area contributed by atoms with Gasteiger partial charge in [0.1, 0.15) is 5.75 Å². The molecule has 0 aromatic heterocycles. The standard InChI is InChI=1S/C14H20N2O2/c1-10(15)11-3-2-4-13(9-11)18-8-7-14(17)16-12-5-6-12/h2-4,9-10,12H,5-8,15H2,1H3,(H,16,17)/t10-/m1/s1. The third-order valence-electron chi connectivity index (χ3n) is 2.92. The van der Waals surface area contributed by atoms with Gasteiger partial charge in [-0.3, -0.25) is 4.79 Å². The molecule has 0 spiro atoms. The highest BCUT2D eigenvalue weighted by Gasteiger charge is 2.22. The molecule has 18 heavy (non-hydrogen) atoms. The van der Waals surface area contributed by atoms with Gasteiger partial charge in [0.15, 0.2) is 0 Å². The van der Waals surface area contributed by atoms with Gasteiger partial charge in [0.2, 0.25) is 5.91 Å². The van der Waals surface area contributed by atoms with Gasteiger partial charge in [-0.1, -0.05) is 12.1 Å². The Morgan fingerprint density at radius 3 is 3.00 bits per heavy atom. The molecule has 0 bridgehead atoms. The van der Waals surface area contributed by atoms with Gasteiger partial charge in [-0.2, -0.15) is 0 Å². The minimum atomic E-state index is -0.00767. The van der Waals surface area contributed by atoms with Gasteiger partial charge in [-0.15, -0.1) is 0 Å². The van der Waals surface area contributed by atoms with E-state index < -0.39 is 0 Å². The molecule has 2 rings (SSSR count). The maximum atomic E-state index is 11.4. The van der Waals surface area contributed by atoms with Gasteiger partial charge in [0, 0.05) is 12.1 Å². The number of amides is 1. The maximum absolute atomic E-state index is 11.4. The summed E-state index contributed by atoms with van der Waals surface area (Å²) in [5.74, 6) is 0.838. The molecule has 1 atom stereocenters. The van der Waals surface area contributed by atoms with E-state index in [9.17, 15) is 4.79 Å². The molecule has 3 N–H and O–H groups in total. The lowest BCUT2D eigenvalue weighted by Gasteiger charge is -2.10. The van der Waals surface area contributed by atoms with Crippen LogP contribution in [-0.4, -0.2) is 18.6 Å². The second-order valence-electron chi connectivity index (χ2n) is 4.80. The Kier molecular flexibility index (Phi) is 4.20. The summed E-state index contributed by atoms with van der Waals surface area (Å²) in [4.78, 5) is 11.4. The van der Waals surface area contributed by atoms with Crippen LogP contribution in [0.3, 0.4) is 0 Å². The molecule has 1 amide bonds. The van der Waals surface area contributed by atoms with E-state index in [1.165, 1.54) is 0 Å². The summed E-state index contributed by atoms with van der Waals surface area (Å²) in [6.07, 6.45) is 2.63. The molecule has 1 fully saturated rings. The Hall–Kier alpha value is -1.55. The molecule has 1 aliphatic carbocycles. The summed E-state index contributed by atoms with van der Waals surface area (Å²) in [7, 11) is 0. The van der Waals surface area contributed by atoms with Crippen LogP contribution in [0.5, 0.6) is 5.75 Å². The lowest BCUT2D eigenvalue weighted by molar-refractivity contribution is -0.121. The number of nitrogens with one attached hydrogen (secondary N) is 1. The predicted molar refractivity (Wildman–Crippen MR) is 70.3 cm³/mol. The van der Waals surface area contributed by atoms with E-state index in [2.05, 4.69) is 5.32 Å². The van der Waals surface area contributed by atoms with Crippen LogP contribution in [0.2, 0.25) is 0 Å². The average Bonchev–Trinajstić information content (AvgIpc) is 3.13. The number of hydrogen-bond donors (Lipinski definition) is 2. The molecular weight excluding hydrogens is 228 g/mol. The topological polar surface area (TPSA) is 64.3 Å². The van der Waals surface area contributed by atoms with Gasteiger partial charge in [-0.25, -0.2) is 0 Å². The molecule has 0 aliphatic heterocycles. The largest absolute Gasteiger partial charge is 0.493 e. The van der Waals surface area contributed by atoms with Crippen molar-refractivity contribution in [3.05, 3.63) is 29.8 Å². The molecule has 1 aliphatic rings. The van der Waals surface area contributed by atoms with E-state index in [1.54, 1.807) is 0 Å². The third-order valence-corrected chi connectivity index (χ3v) is 2.92. The quantitative estimate of drug-likeness (QED) is 0.806. The van der Waals surface area contributed by atoms with Crippen molar-refractivity contribution in [2.75, 3.05) is 6.61 Å². The number of rotatable bonds is 6. The van der Waals surface area contributed by atoms with Crippen LogP contribution in [0.25, 0.3) is 0 Å². The van der Waals surface area contributed by atoms with Crippen molar-refractivity contribution in [2.45, 2.75) is 38.3 Å². The molecule has 98 valence electrons. The molecule has 0 heterocycles. The van der Waals surface area contributed by atoms with Crippen LogP contribution in [0, 0.1) is 0 Å². The number of nitrogens with two attached hydrogens (primary N) is 1. The van der Waals surface area contributed by atoms with Gasteiger partial charge in [0.25, 0.3) is 0 Å². The lowest BCUT2D eigenvalue weighted by atomic mass is 10.1. The van der Waals surface area contributed by atoms with Crippen molar-refractivity contribution in [2.24, 2.45) is 5.73 Å². The summed E-state index contributed by atoms with van der Waals surface area (Å²) in [5.41, 5.74) is 6.84. The summed E-state index contributed by atoms with van der Waals surface area (Å²) < 4.78 is 5.55. The van der Waals surface area contributed by atoms with Gasteiger partial charge >= 0.3 is 0 Å². The van der Waals surface area contributed by atoms with Crippen molar-refractivity contribution >= 4 is 5.91 Å². The predicted octanol–water partition coefficient (Wildman–Crippen LogP) is 1.75. The first kappa shape index (κ1) is 12.9. The van der Waals surface area contributed by atoms with Gasteiger partial charge in [0.05, 0.1) is 13.0 Å². The van der Waals surface area contributed by atoms with Gasteiger partial charge < -0.3 is 15.8 Å². The van der Waals surface area contributed by atoms with Crippen molar-refractivity contribution in [1.29, 1.82) is 0 Å². The first-order valence-corrected chi connectivity index (χ1v) is 6.43. The summed E-state index contributed by atoms with van der Waals surface area (Å²) in [6, 6.07) is 8.09. The van der Waals surface area contributed by atoms with Crippen molar-refractivity contribution in [1.82, 2.24) is 5.32 Å². The fourth-order valence-corrected chi connectivity index (χ4v) is 1.68. The van der Waals surface area contributed by atoms with E-state index in [-0.39, 0.29) is 11.9 Å². The average molecular weight is 248 g/mol. The van der Waals surface area contributed by atoms with Crippen LogP contribution >= 0.6 is 0 Å². The molecule has 4 nitrogen and oxygen atoms in total. The summed E-state index contributed by atoms with van der Waals surface area (Å²) in [5, 5.41) is 2.93. The van der Waals surface area contributed by atoms with Crippen LogP contribution in [0.15, 0.2) is 24.3 Å². The number of carbonyl (C=O) groups is 1. The molecule has 1 aromatic carbocycles. The number of benzene rings is 1. The lowest BCUT2D eigenvalue weighted by Crippen LogP contribution is -2.26. The van der Waals surface area contributed by atoms with Crippen LogP contribution in [-0.2, 0) is 4.79 Å². The SMILES string of the molecule is C[C@@H](N)c1cccc(OCCC(=O)NC2CC2)c1. The number of hydrogen-bond acceptors (Lipinski definition) is 3. The molecule has 1 saturated carbocycles. The van der Waals surface area contributed by atoms with Crippen molar-refractivity contribution in [3.8, 4) is 5.75 Å². The maximum Gasteiger partial charge on any atom is 0.223 e. The monoisotopic (exact) mass is 248 g/mol. The Morgan fingerprint density at radius 2 is 2.33 bits per heavy atom. The van der Waals surface area contributed by atoms with Crippen molar-refractivity contribution in [3.63, 3.8) is 0 Å². The Labute approximate surface area is 108 Å². The van der Waals surface area contributed by atoms with E-state index in [0.29, 0.717) is 19.1 Å². The van der Waals surface area contributed by atoms with E-state index in [4.69, 9.17) is 10.5 Å². The van der Waals surface area contributed by atoms with E-state index in [0.717, 1.165) is 24.2 Å². The molecule has 0 unspecified atom stereocenters. The van der Waals surface area contributed by atoms with Crippen molar-refractivity contribution < 1.29 is 9.53 Å². The van der Waals surface area contributed by atoms with Crippen LogP contribution in [0.1, 0.15) is 37.8 Å². The van der Waals surface area contributed by atoms with E-state index in [1.807, 2.05) is 31.2 Å². The highest BCUT2D eigenvalue weighted by molar-refractivity contribution is 5.76. The Bertz CT molecular complexity index is 414. The minimum absolute atomic E-state index is 0.00767. The first-order valence-electron chi connectivity index (χ1n) is 6.43. The fraction of sp³-hybridized carbons (Fsp3) is 0.500. The zero-order valence-electron chi connectivity index (χ0n) is 10.7. The fourth-order valence-electron chi connectivity index (χ4n) is 1.68. The second-order valence-corrected chi connectivity index (χ2v) is 4.80. The second kappa shape index (κ2) is 5.87. The third kappa shape index (κ3) is 4.04. The molecular formula is C14H20N2O2. The van der Waals surface area contributed by atoms with Crippen LogP contribution < -0.4 is 15.8 Å². The summed E-state index contributed by atoms with van der Waals surface area (Å²) >= 11 is 0. The zero-order chi connectivity index (χ0) is 13.0. The number of carbonyl (C=O) groups excluding carboxylic acids is 1. The highest BCUT2D eigenvalue weighted by Crippen LogP contribution is 2.19. The minimum Gasteiger partial charge on any atom is -0.493 e. The van der Waals surface area contributed by atoms with Crippen LogP contribution in [0.4, 0.5) is 0 Å². The normalized spacial score (nSPS) is 16.1. The smallest absolute Gasteiger partial charge is 0.223 e. The Morgan fingerprint density at radius 1 is 1.56 bits per heavy atom. The Balaban J connectivity index is 1.75. The number of ether oxygens (including phenoxy) is 1. The summed E-state index contributed by atoms with van der Waals surface area (Å²) in [6.45, 7) is 2.34. The molecule has 0 radical (unpaired) electrons. The molecule has 0 saturated heterocycles. The molecule has 1 aromatic rings. The zero-order valence-corrected chi connectivity index (χ0v) is 10.7. The van der Waals surface area contributed by atoms with Gasteiger partial charge in [-0.05, 0) is 37.5 Å².